The summed E-state index contributed by atoms with van der Waals surface area (Å²) in [6.07, 6.45) is 68.6. The number of unbranched alkanes of at least 4 members (excludes halogenated alkanes) is 49. The van der Waals surface area contributed by atoms with Crippen molar-refractivity contribution in [3.05, 3.63) is 0 Å². The van der Waals surface area contributed by atoms with Crippen LogP contribution in [0, 0.1) is 0 Å². The van der Waals surface area contributed by atoms with Gasteiger partial charge in [-0.1, -0.05) is 335 Å². The fourth-order valence-corrected chi connectivity index (χ4v) is 10.0. The lowest BCUT2D eigenvalue weighted by atomic mass is 10.0. The molecule has 0 spiro atoms. The van der Waals surface area contributed by atoms with Crippen molar-refractivity contribution in [1.29, 1.82) is 0 Å². The summed E-state index contributed by atoms with van der Waals surface area (Å²) >= 11 is 0. The summed E-state index contributed by atoms with van der Waals surface area (Å²) in [5.74, 6) is -0.838. The van der Waals surface area contributed by atoms with E-state index in [-0.39, 0.29) is 31.1 Å². The first-order valence-corrected chi connectivity index (χ1v) is 32.0. The highest BCUT2D eigenvalue weighted by atomic mass is 16.6. The normalized spacial score (nSPS) is 11.9. The molecule has 1 unspecified atom stereocenters. The highest BCUT2D eigenvalue weighted by Crippen LogP contribution is 2.19. The Morgan fingerprint density at radius 2 is 0.386 bits per heavy atom. The molecular formula is C64H124O6. The third kappa shape index (κ3) is 57.3. The summed E-state index contributed by atoms with van der Waals surface area (Å²) in [4.78, 5) is 38.0. The molecule has 0 rings (SSSR count). The number of rotatable bonds is 60. The quantitative estimate of drug-likeness (QED) is 0.0343. The van der Waals surface area contributed by atoms with E-state index in [4.69, 9.17) is 14.2 Å². The Hall–Kier alpha value is -1.59. The minimum absolute atomic E-state index is 0.0616. The lowest BCUT2D eigenvalue weighted by Gasteiger charge is -2.18. The van der Waals surface area contributed by atoms with Gasteiger partial charge in [0.1, 0.15) is 13.2 Å². The molecule has 0 N–H and O–H groups in total. The molecule has 0 aliphatic rings. The molecule has 1 atom stereocenters. The molecule has 6 heteroatoms. The van der Waals surface area contributed by atoms with Crippen molar-refractivity contribution in [2.24, 2.45) is 0 Å². The molecule has 0 radical (unpaired) electrons. The van der Waals surface area contributed by atoms with E-state index in [0.29, 0.717) is 19.3 Å². The van der Waals surface area contributed by atoms with E-state index in [1.807, 2.05) is 0 Å². The van der Waals surface area contributed by atoms with Crippen LogP contribution in [0.25, 0.3) is 0 Å². The van der Waals surface area contributed by atoms with Crippen LogP contribution in [-0.2, 0) is 28.6 Å². The van der Waals surface area contributed by atoms with Crippen LogP contribution in [0.5, 0.6) is 0 Å². The number of hydrogen-bond donors (Lipinski definition) is 0. The van der Waals surface area contributed by atoms with Crippen molar-refractivity contribution < 1.29 is 28.6 Å². The molecule has 0 bridgehead atoms. The highest BCUT2D eigenvalue weighted by Gasteiger charge is 2.19. The molecule has 70 heavy (non-hydrogen) atoms. The standard InChI is InChI=1S/C64H124O6/c1-4-7-10-13-16-18-20-22-24-26-28-29-30-31-32-33-34-35-36-38-39-41-43-45-48-51-54-57-63(66)69-60-61(59-68-62(65)56-53-50-47-15-12-9-6-3)70-64(67)58-55-52-49-46-44-42-40-37-27-25-23-21-19-17-14-11-8-5-2/h61H,4-60H2,1-3H3. The minimum Gasteiger partial charge on any atom is -0.462 e. The second-order valence-corrected chi connectivity index (χ2v) is 22.1. The molecule has 0 aliphatic carbocycles. The van der Waals surface area contributed by atoms with Crippen LogP contribution in [0.3, 0.4) is 0 Å². The first kappa shape index (κ1) is 68.4. The summed E-state index contributed by atoms with van der Waals surface area (Å²) in [7, 11) is 0. The second kappa shape index (κ2) is 60.0. The Bertz CT molecular complexity index is 1040. The van der Waals surface area contributed by atoms with Gasteiger partial charge in [0.2, 0.25) is 0 Å². The molecule has 0 fully saturated rings. The Kier molecular flexibility index (Phi) is 58.6. The van der Waals surface area contributed by atoms with Crippen LogP contribution in [-0.4, -0.2) is 37.2 Å². The topological polar surface area (TPSA) is 78.9 Å². The SMILES string of the molecule is CCCCCCCCCCCCCCCCCCCCCCCCCCCCCC(=O)OCC(COC(=O)CCCCCCCCC)OC(=O)CCCCCCCCCCCCCCCCCCCC. The maximum Gasteiger partial charge on any atom is 0.306 e. The average Bonchev–Trinajstić information content (AvgIpc) is 3.36. The lowest BCUT2D eigenvalue weighted by Crippen LogP contribution is -2.30. The minimum atomic E-state index is -0.760. The molecule has 0 aliphatic heterocycles. The first-order valence-electron chi connectivity index (χ1n) is 32.0. The van der Waals surface area contributed by atoms with Crippen LogP contribution < -0.4 is 0 Å². The summed E-state index contributed by atoms with van der Waals surface area (Å²) in [5, 5.41) is 0. The molecule has 0 aromatic carbocycles. The number of ether oxygens (including phenoxy) is 3. The van der Waals surface area contributed by atoms with Crippen molar-refractivity contribution in [3.8, 4) is 0 Å². The smallest absolute Gasteiger partial charge is 0.306 e. The average molecular weight is 990 g/mol. The first-order chi connectivity index (χ1) is 34.5. The van der Waals surface area contributed by atoms with Gasteiger partial charge >= 0.3 is 17.9 Å². The van der Waals surface area contributed by atoms with Crippen molar-refractivity contribution in [2.45, 2.75) is 380 Å². The maximum atomic E-state index is 12.8. The van der Waals surface area contributed by atoms with Gasteiger partial charge in [0, 0.05) is 19.3 Å². The van der Waals surface area contributed by atoms with Gasteiger partial charge in [-0.05, 0) is 19.3 Å². The molecule has 0 heterocycles. The van der Waals surface area contributed by atoms with Crippen molar-refractivity contribution in [2.75, 3.05) is 13.2 Å². The summed E-state index contributed by atoms with van der Waals surface area (Å²) in [6.45, 7) is 6.68. The van der Waals surface area contributed by atoms with E-state index in [2.05, 4.69) is 20.8 Å². The van der Waals surface area contributed by atoms with E-state index in [1.54, 1.807) is 0 Å². The predicted molar refractivity (Wildman–Crippen MR) is 303 cm³/mol. The fraction of sp³-hybridized carbons (Fsp3) is 0.953. The number of hydrogen-bond acceptors (Lipinski definition) is 6. The number of carbonyl (C=O) groups excluding carboxylic acids is 3. The molecule has 0 saturated heterocycles. The molecule has 0 aromatic heterocycles. The zero-order valence-corrected chi connectivity index (χ0v) is 47.8. The van der Waals surface area contributed by atoms with E-state index in [1.165, 1.54) is 276 Å². The van der Waals surface area contributed by atoms with Gasteiger partial charge in [-0.15, -0.1) is 0 Å². The zero-order valence-electron chi connectivity index (χ0n) is 47.8. The molecule has 416 valence electrons. The van der Waals surface area contributed by atoms with Crippen molar-refractivity contribution in [3.63, 3.8) is 0 Å². The Labute approximate surface area is 438 Å². The fourth-order valence-electron chi connectivity index (χ4n) is 10.0. The molecule has 0 amide bonds. The highest BCUT2D eigenvalue weighted by molar-refractivity contribution is 5.71. The maximum absolute atomic E-state index is 12.8. The van der Waals surface area contributed by atoms with Gasteiger partial charge in [0.15, 0.2) is 6.10 Å². The van der Waals surface area contributed by atoms with Crippen LogP contribution in [0.4, 0.5) is 0 Å². The van der Waals surface area contributed by atoms with Gasteiger partial charge in [0.05, 0.1) is 0 Å². The van der Waals surface area contributed by atoms with Crippen molar-refractivity contribution >= 4 is 17.9 Å². The van der Waals surface area contributed by atoms with E-state index in [0.717, 1.165) is 57.8 Å². The van der Waals surface area contributed by atoms with Gasteiger partial charge < -0.3 is 14.2 Å². The summed E-state index contributed by atoms with van der Waals surface area (Å²) in [5.41, 5.74) is 0. The second-order valence-electron chi connectivity index (χ2n) is 22.1. The predicted octanol–water partition coefficient (Wildman–Crippen LogP) is 21.5. The lowest BCUT2D eigenvalue weighted by molar-refractivity contribution is -0.167. The van der Waals surface area contributed by atoms with Crippen molar-refractivity contribution in [1.82, 2.24) is 0 Å². The Morgan fingerprint density at radius 3 is 0.571 bits per heavy atom. The zero-order chi connectivity index (χ0) is 50.7. The molecule has 0 aromatic rings. The Balaban J connectivity index is 4.01. The van der Waals surface area contributed by atoms with Crippen LogP contribution in [0.15, 0.2) is 0 Å². The summed E-state index contributed by atoms with van der Waals surface area (Å²) in [6, 6.07) is 0. The van der Waals surface area contributed by atoms with Crippen LogP contribution in [0.1, 0.15) is 374 Å². The van der Waals surface area contributed by atoms with Gasteiger partial charge in [-0.2, -0.15) is 0 Å². The molecular weight excluding hydrogens is 865 g/mol. The number of carbonyl (C=O) groups is 3. The van der Waals surface area contributed by atoms with Gasteiger partial charge in [-0.25, -0.2) is 0 Å². The van der Waals surface area contributed by atoms with Gasteiger partial charge in [0.25, 0.3) is 0 Å². The van der Waals surface area contributed by atoms with Gasteiger partial charge in [-0.3, -0.25) is 14.4 Å². The van der Waals surface area contributed by atoms with E-state index >= 15 is 0 Å². The van der Waals surface area contributed by atoms with E-state index in [9.17, 15) is 14.4 Å². The van der Waals surface area contributed by atoms with Crippen LogP contribution >= 0.6 is 0 Å². The largest absolute Gasteiger partial charge is 0.462 e. The summed E-state index contributed by atoms with van der Waals surface area (Å²) < 4.78 is 16.8. The third-order valence-electron chi connectivity index (χ3n) is 14.9. The molecule has 0 saturated carbocycles. The Morgan fingerprint density at radius 1 is 0.229 bits per heavy atom. The monoisotopic (exact) mass is 989 g/mol. The number of esters is 3. The van der Waals surface area contributed by atoms with E-state index < -0.39 is 6.10 Å². The molecule has 6 nitrogen and oxygen atoms in total. The van der Waals surface area contributed by atoms with Crippen LogP contribution in [0.2, 0.25) is 0 Å². The third-order valence-corrected chi connectivity index (χ3v) is 14.9.